The summed E-state index contributed by atoms with van der Waals surface area (Å²) in [5, 5.41) is 3.76. The average molecular weight is 391 g/mol. The Morgan fingerprint density at radius 1 is 1.35 bits per heavy atom. The van der Waals surface area contributed by atoms with Gasteiger partial charge in [0, 0.05) is 19.9 Å². The average Bonchev–Trinajstić information content (AvgIpc) is 2.98. The van der Waals surface area contributed by atoms with Crippen molar-refractivity contribution >= 4 is 46.1 Å². The van der Waals surface area contributed by atoms with Crippen LogP contribution in [0.2, 0.25) is 5.02 Å². The number of nitrogens with zero attached hydrogens (tertiary/aromatic N) is 3. The molecule has 0 fully saturated rings. The molecule has 0 radical (unpaired) electrons. The Balaban J connectivity index is 1.76. The van der Waals surface area contributed by atoms with E-state index in [4.69, 9.17) is 16.3 Å². The Hall–Kier alpha value is -2.09. The molecule has 0 spiro atoms. The highest BCUT2D eigenvalue weighted by Gasteiger charge is 2.19. The fourth-order valence-corrected chi connectivity index (χ4v) is 3.49. The molecule has 6 nitrogen and oxygen atoms in total. The van der Waals surface area contributed by atoms with E-state index in [1.165, 1.54) is 18.0 Å². The van der Waals surface area contributed by atoms with Gasteiger partial charge in [0.2, 0.25) is 5.91 Å². The molecule has 1 N–H and O–H groups in total. The minimum atomic E-state index is -0.342. The zero-order valence-corrected chi connectivity index (χ0v) is 16.0. The first kappa shape index (κ1) is 18.7. The lowest BCUT2D eigenvalue weighted by atomic mass is 10.3. The first-order chi connectivity index (χ1) is 12.6. The van der Waals surface area contributed by atoms with Crippen LogP contribution in [0.1, 0.15) is 6.92 Å². The van der Waals surface area contributed by atoms with E-state index in [1.807, 2.05) is 31.2 Å². The van der Waals surface area contributed by atoms with Gasteiger partial charge in [0.1, 0.15) is 5.82 Å². The van der Waals surface area contributed by atoms with Gasteiger partial charge in [0.25, 0.3) is 0 Å². The molecule has 0 aliphatic rings. The quantitative estimate of drug-likeness (QED) is 0.620. The number of carbonyl (C=O) groups is 1. The van der Waals surface area contributed by atoms with Crippen molar-refractivity contribution in [1.82, 2.24) is 14.5 Å². The Bertz CT molecular complexity index is 898. The molecule has 1 aromatic carbocycles. The monoisotopic (exact) mass is 390 g/mol. The van der Waals surface area contributed by atoms with E-state index >= 15 is 0 Å². The van der Waals surface area contributed by atoms with Gasteiger partial charge < -0.3 is 14.6 Å². The molecule has 1 atom stereocenters. The molecule has 3 rings (SSSR count). The second kappa shape index (κ2) is 8.53. The molecule has 26 heavy (non-hydrogen) atoms. The summed E-state index contributed by atoms with van der Waals surface area (Å²) in [5.74, 6) is 0.329. The summed E-state index contributed by atoms with van der Waals surface area (Å²) in [5.41, 5.74) is 1.93. The van der Waals surface area contributed by atoms with Gasteiger partial charge >= 0.3 is 0 Å². The summed E-state index contributed by atoms with van der Waals surface area (Å²) in [6.45, 7) is 3.09. The zero-order chi connectivity index (χ0) is 18.5. The number of carbonyl (C=O) groups excluding carboxylic acids is 1. The van der Waals surface area contributed by atoms with Crippen molar-refractivity contribution in [2.75, 3.05) is 19.0 Å². The van der Waals surface area contributed by atoms with Crippen LogP contribution in [-0.4, -0.2) is 39.4 Å². The molecular weight excluding hydrogens is 372 g/mol. The van der Waals surface area contributed by atoms with Gasteiger partial charge in [-0.1, -0.05) is 35.5 Å². The van der Waals surface area contributed by atoms with Crippen molar-refractivity contribution in [2.45, 2.75) is 23.9 Å². The highest BCUT2D eigenvalue weighted by Crippen LogP contribution is 2.27. The van der Waals surface area contributed by atoms with Crippen LogP contribution in [0.5, 0.6) is 0 Å². The standard InChI is InChI=1S/C18H19ClN4O2S/c1-12(17(24)22-16-8-7-13(19)11-20-16)26-18-21-14-5-3-4-6-15(14)23(18)9-10-25-2/h3-8,11-12H,9-10H2,1-2H3,(H,20,22,24)/t12-/m1/s1. The zero-order valence-electron chi connectivity index (χ0n) is 14.5. The number of thioether (sulfide) groups is 1. The van der Waals surface area contributed by atoms with Crippen molar-refractivity contribution < 1.29 is 9.53 Å². The summed E-state index contributed by atoms with van der Waals surface area (Å²) in [6.07, 6.45) is 1.50. The smallest absolute Gasteiger partial charge is 0.238 e. The lowest BCUT2D eigenvalue weighted by molar-refractivity contribution is -0.115. The van der Waals surface area contributed by atoms with Gasteiger partial charge in [0.05, 0.1) is 27.9 Å². The molecule has 2 heterocycles. The minimum Gasteiger partial charge on any atom is -0.383 e. The van der Waals surface area contributed by atoms with Crippen molar-refractivity contribution in [3.05, 3.63) is 47.6 Å². The first-order valence-corrected chi connectivity index (χ1v) is 9.37. The fourth-order valence-electron chi connectivity index (χ4n) is 2.43. The normalized spacial score (nSPS) is 12.3. The number of imidazole rings is 1. The molecule has 8 heteroatoms. The summed E-state index contributed by atoms with van der Waals surface area (Å²) in [7, 11) is 1.67. The molecular formula is C18H19ClN4O2S. The number of methoxy groups -OCH3 is 1. The van der Waals surface area contributed by atoms with E-state index in [0.717, 1.165) is 16.2 Å². The number of fused-ring (bicyclic) bond motifs is 1. The fraction of sp³-hybridized carbons (Fsp3) is 0.278. The number of anilines is 1. The summed E-state index contributed by atoms with van der Waals surface area (Å²) in [4.78, 5) is 21.2. The first-order valence-electron chi connectivity index (χ1n) is 8.12. The number of hydrogen-bond acceptors (Lipinski definition) is 5. The molecule has 0 unspecified atom stereocenters. The largest absolute Gasteiger partial charge is 0.383 e. The van der Waals surface area contributed by atoms with Crippen LogP contribution >= 0.6 is 23.4 Å². The Kier molecular flexibility index (Phi) is 6.13. The van der Waals surface area contributed by atoms with E-state index in [-0.39, 0.29) is 11.2 Å². The van der Waals surface area contributed by atoms with E-state index < -0.39 is 0 Å². The number of pyridine rings is 1. The topological polar surface area (TPSA) is 69.0 Å². The molecule has 136 valence electrons. The second-order valence-corrected chi connectivity index (χ2v) is 7.38. The highest BCUT2D eigenvalue weighted by molar-refractivity contribution is 8.00. The lowest BCUT2D eigenvalue weighted by Crippen LogP contribution is -2.23. The van der Waals surface area contributed by atoms with Gasteiger partial charge in [-0.05, 0) is 31.2 Å². The molecule has 3 aromatic rings. The molecule has 1 amide bonds. The van der Waals surface area contributed by atoms with Crippen LogP contribution in [0, 0.1) is 0 Å². The number of amides is 1. The van der Waals surface area contributed by atoms with Gasteiger partial charge in [-0.3, -0.25) is 4.79 Å². The van der Waals surface area contributed by atoms with Gasteiger partial charge in [-0.25, -0.2) is 9.97 Å². The van der Waals surface area contributed by atoms with Crippen LogP contribution < -0.4 is 5.32 Å². The van der Waals surface area contributed by atoms with Crippen molar-refractivity contribution in [1.29, 1.82) is 0 Å². The van der Waals surface area contributed by atoms with Crippen LogP contribution in [0.15, 0.2) is 47.8 Å². The molecule has 2 aromatic heterocycles. The third-order valence-electron chi connectivity index (χ3n) is 3.77. The Morgan fingerprint density at radius 3 is 2.88 bits per heavy atom. The number of benzene rings is 1. The number of para-hydroxylation sites is 2. The molecule has 0 aliphatic heterocycles. The van der Waals surface area contributed by atoms with E-state index in [9.17, 15) is 4.79 Å². The Labute approximate surface area is 160 Å². The maximum absolute atomic E-state index is 12.5. The Morgan fingerprint density at radius 2 is 2.15 bits per heavy atom. The molecule has 0 saturated carbocycles. The minimum absolute atomic E-state index is 0.143. The number of rotatable bonds is 7. The highest BCUT2D eigenvalue weighted by atomic mass is 35.5. The van der Waals surface area contributed by atoms with Crippen LogP contribution in [-0.2, 0) is 16.1 Å². The predicted molar refractivity (Wildman–Crippen MR) is 105 cm³/mol. The summed E-state index contributed by atoms with van der Waals surface area (Å²) >= 11 is 7.22. The number of aromatic nitrogens is 3. The van der Waals surface area contributed by atoms with E-state index in [2.05, 4.69) is 19.9 Å². The third-order valence-corrected chi connectivity index (χ3v) is 5.08. The van der Waals surface area contributed by atoms with Crippen molar-refractivity contribution in [3.8, 4) is 0 Å². The van der Waals surface area contributed by atoms with Gasteiger partial charge in [-0.2, -0.15) is 0 Å². The molecule has 0 bridgehead atoms. The van der Waals surface area contributed by atoms with E-state index in [1.54, 1.807) is 19.2 Å². The maximum atomic E-state index is 12.5. The van der Waals surface area contributed by atoms with Crippen molar-refractivity contribution in [2.24, 2.45) is 0 Å². The summed E-state index contributed by atoms with van der Waals surface area (Å²) < 4.78 is 7.28. The van der Waals surface area contributed by atoms with Crippen LogP contribution in [0.25, 0.3) is 11.0 Å². The summed E-state index contributed by atoms with van der Waals surface area (Å²) in [6, 6.07) is 11.3. The SMILES string of the molecule is COCCn1c(S[C@H](C)C(=O)Nc2ccc(Cl)cn2)nc2ccccc21. The van der Waals surface area contributed by atoms with Crippen LogP contribution in [0.3, 0.4) is 0 Å². The lowest BCUT2D eigenvalue weighted by Gasteiger charge is -2.13. The molecule has 0 aliphatic carbocycles. The van der Waals surface area contributed by atoms with Gasteiger partial charge in [-0.15, -0.1) is 0 Å². The van der Waals surface area contributed by atoms with Crippen LogP contribution in [0.4, 0.5) is 5.82 Å². The number of nitrogens with one attached hydrogen (secondary N) is 1. The predicted octanol–water partition coefficient (Wildman–Crippen LogP) is 3.85. The number of hydrogen-bond donors (Lipinski definition) is 1. The molecule has 0 saturated heterocycles. The third kappa shape index (κ3) is 4.35. The van der Waals surface area contributed by atoms with Gasteiger partial charge in [0.15, 0.2) is 5.16 Å². The maximum Gasteiger partial charge on any atom is 0.238 e. The number of halogens is 1. The number of ether oxygens (including phenoxy) is 1. The van der Waals surface area contributed by atoms with Crippen molar-refractivity contribution in [3.63, 3.8) is 0 Å². The van der Waals surface area contributed by atoms with E-state index in [0.29, 0.717) is 24.0 Å². The second-order valence-electron chi connectivity index (χ2n) is 5.64.